The van der Waals surface area contributed by atoms with Crippen LogP contribution in [0.15, 0.2) is 59.9 Å². The van der Waals surface area contributed by atoms with Crippen LogP contribution >= 0.6 is 0 Å². The highest BCUT2D eigenvalue weighted by Gasteiger charge is 2.06. The Balaban J connectivity index is 1.97. The van der Waals surface area contributed by atoms with Gasteiger partial charge in [-0.15, -0.1) is 0 Å². The molecule has 0 saturated heterocycles. The van der Waals surface area contributed by atoms with Gasteiger partial charge in [0.25, 0.3) is 0 Å². The van der Waals surface area contributed by atoms with Crippen molar-refractivity contribution >= 4 is 16.7 Å². The lowest BCUT2D eigenvalue weighted by molar-refractivity contribution is 0.318. The van der Waals surface area contributed by atoms with Gasteiger partial charge in [-0.25, -0.2) is 4.39 Å². The molecule has 3 rings (SSSR count). The first kappa shape index (κ1) is 13.2. The number of rotatable bonds is 3. The summed E-state index contributed by atoms with van der Waals surface area (Å²) in [6, 6.07) is 14.0. The van der Waals surface area contributed by atoms with Gasteiger partial charge in [-0.1, -0.05) is 17.3 Å². The third-order valence-corrected chi connectivity index (χ3v) is 3.42. The second-order valence-electron chi connectivity index (χ2n) is 4.83. The summed E-state index contributed by atoms with van der Waals surface area (Å²) in [6.45, 7) is 0.587. The molecule has 2 aromatic carbocycles. The molecule has 0 fully saturated rings. The summed E-state index contributed by atoms with van der Waals surface area (Å²) in [5.41, 5.74) is 8.15. The molecule has 0 saturated carbocycles. The van der Waals surface area contributed by atoms with Crippen LogP contribution in [0.1, 0.15) is 11.1 Å². The first-order valence-electron chi connectivity index (χ1n) is 6.48. The van der Waals surface area contributed by atoms with Crippen LogP contribution in [-0.2, 0) is 6.54 Å². The number of hydrogen-bond donors (Lipinski definition) is 2. The van der Waals surface area contributed by atoms with E-state index in [9.17, 15) is 4.39 Å². The molecule has 1 aromatic heterocycles. The average molecular weight is 283 g/mol. The number of hydrogen-bond acceptors (Lipinski definition) is 2. The van der Waals surface area contributed by atoms with Gasteiger partial charge < -0.3 is 15.5 Å². The SMILES string of the molecule is N/C(=N/O)c1ccc2c(ccn2Cc2cccc(F)c2)c1. The van der Waals surface area contributed by atoms with Gasteiger partial charge in [0.2, 0.25) is 0 Å². The molecule has 0 aliphatic heterocycles. The van der Waals surface area contributed by atoms with Crippen LogP contribution in [0, 0.1) is 5.82 Å². The number of nitrogens with zero attached hydrogens (tertiary/aromatic N) is 2. The number of halogens is 1. The van der Waals surface area contributed by atoms with E-state index >= 15 is 0 Å². The Morgan fingerprint density at radius 3 is 2.81 bits per heavy atom. The summed E-state index contributed by atoms with van der Waals surface area (Å²) in [5, 5.41) is 12.7. The van der Waals surface area contributed by atoms with Crippen LogP contribution in [-0.4, -0.2) is 15.6 Å². The fourth-order valence-corrected chi connectivity index (χ4v) is 2.39. The molecule has 4 nitrogen and oxygen atoms in total. The number of amidine groups is 1. The molecule has 0 radical (unpaired) electrons. The fourth-order valence-electron chi connectivity index (χ4n) is 2.39. The number of nitrogens with two attached hydrogens (primary N) is 1. The number of aromatic nitrogens is 1. The summed E-state index contributed by atoms with van der Waals surface area (Å²) in [7, 11) is 0. The third-order valence-electron chi connectivity index (χ3n) is 3.42. The standard InChI is InChI=1S/C16H14FN3O/c17-14-3-1-2-11(8-14)10-20-7-6-12-9-13(16(18)19-21)4-5-15(12)20/h1-9,21H,10H2,(H2,18,19). The summed E-state index contributed by atoms with van der Waals surface area (Å²) in [5.74, 6) is -0.159. The van der Waals surface area contributed by atoms with Crippen LogP contribution in [0.25, 0.3) is 10.9 Å². The lowest BCUT2D eigenvalue weighted by Crippen LogP contribution is -2.12. The van der Waals surface area contributed by atoms with E-state index in [1.165, 1.54) is 12.1 Å². The fraction of sp³-hybridized carbons (Fsp3) is 0.0625. The van der Waals surface area contributed by atoms with Crippen LogP contribution in [0.2, 0.25) is 0 Å². The van der Waals surface area contributed by atoms with Crippen LogP contribution in [0.3, 0.4) is 0 Å². The summed E-state index contributed by atoms with van der Waals surface area (Å²) >= 11 is 0. The average Bonchev–Trinajstić information content (AvgIpc) is 2.89. The van der Waals surface area contributed by atoms with Crippen molar-refractivity contribution in [2.24, 2.45) is 10.9 Å². The van der Waals surface area contributed by atoms with Gasteiger partial charge in [0.1, 0.15) is 5.82 Å². The molecule has 0 bridgehead atoms. The third kappa shape index (κ3) is 2.58. The Kier molecular flexibility index (Phi) is 3.31. The highest BCUT2D eigenvalue weighted by Crippen LogP contribution is 2.19. The van der Waals surface area contributed by atoms with Crippen molar-refractivity contribution in [1.29, 1.82) is 0 Å². The molecule has 0 amide bonds. The molecular weight excluding hydrogens is 269 g/mol. The van der Waals surface area contributed by atoms with Crippen LogP contribution < -0.4 is 5.73 Å². The molecule has 0 aliphatic rings. The maximum absolute atomic E-state index is 13.2. The second kappa shape index (κ2) is 5.28. The van der Waals surface area contributed by atoms with Gasteiger partial charge in [0, 0.05) is 29.2 Å². The van der Waals surface area contributed by atoms with Gasteiger partial charge in [-0.3, -0.25) is 0 Å². The van der Waals surface area contributed by atoms with Crippen molar-refractivity contribution in [1.82, 2.24) is 4.57 Å². The smallest absolute Gasteiger partial charge is 0.170 e. The summed E-state index contributed by atoms with van der Waals surface area (Å²) < 4.78 is 15.3. The quantitative estimate of drug-likeness (QED) is 0.336. The molecule has 106 valence electrons. The zero-order valence-corrected chi connectivity index (χ0v) is 11.2. The van der Waals surface area contributed by atoms with Crippen molar-refractivity contribution in [2.75, 3.05) is 0 Å². The van der Waals surface area contributed by atoms with Crippen molar-refractivity contribution in [2.45, 2.75) is 6.54 Å². The summed E-state index contributed by atoms with van der Waals surface area (Å²) in [4.78, 5) is 0. The van der Waals surface area contributed by atoms with E-state index in [-0.39, 0.29) is 11.7 Å². The van der Waals surface area contributed by atoms with E-state index in [0.29, 0.717) is 12.1 Å². The minimum absolute atomic E-state index is 0.0785. The largest absolute Gasteiger partial charge is 0.409 e. The first-order valence-corrected chi connectivity index (χ1v) is 6.48. The highest BCUT2D eigenvalue weighted by molar-refractivity contribution is 6.00. The van der Waals surface area contributed by atoms with E-state index in [1.54, 1.807) is 12.1 Å². The first-order chi connectivity index (χ1) is 10.2. The van der Waals surface area contributed by atoms with E-state index in [0.717, 1.165) is 16.5 Å². The normalized spacial score (nSPS) is 12.0. The van der Waals surface area contributed by atoms with Crippen molar-refractivity contribution < 1.29 is 9.60 Å². The van der Waals surface area contributed by atoms with E-state index < -0.39 is 0 Å². The highest BCUT2D eigenvalue weighted by atomic mass is 19.1. The molecule has 21 heavy (non-hydrogen) atoms. The number of benzene rings is 2. The topological polar surface area (TPSA) is 63.5 Å². The predicted molar refractivity (Wildman–Crippen MR) is 80.0 cm³/mol. The molecule has 0 unspecified atom stereocenters. The molecule has 5 heteroatoms. The molecule has 0 aliphatic carbocycles. The molecule has 0 atom stereocenters. The molecule has 0 spiro atoms. The second-order valence-corrected chi connectivity index (χ2v) is 4.83. The van der Waals surface area contributed by atoms with Crippen LogP contribution in [0.4, 0.5) is 4.39 Å². The van der Waals surface area contributed by atoms with Crippen molar-refractivity contribution in [3.05, 3.63) is 71.7 Å². The minimum atomic E-state index is -0.238. The minimum Gasteiger partial charge on any atom is -0.409 e. The molecule has 1 heterocycles. The Bertz CT molecular complexity index is 823. The van der Waals surface area contributed by atoms with Gasteiger partial charge in [-0.05, 0) is 42.0 Å². The Morgan fingerprint density at radius 1 is 1.19 bits per heavy atom. The zero-order valence-electron chi connectivity index (χ0n) is 11.2. The molecular formula is C16H14FN3O. The number of oxime groups is 1. The Labute approximate surface area is 120 Å². The lowest BCUT2D eigenvalue weighted by atomic mass is 10.1. The van der Waals surface area contributed by atoms with E-state index in [1.807, 2.05) is 35.0 Å². The van der Waals surface area contributed by atoms with Crippen LogP contribution in [0.5, 0.6) is 0 Å². The molecule has 3 N–H and O–H groups in total. The number of fused-ring (bicyclic) bond motifs is 1. The molecule has 3 aromatic rings. The predicted octanol–water partition coefficient (Wildman–Crippen LogP) is 2.92. The Morgan fingerprint density at radius 2 is 2.05 bits per heavy atom. The summed E-state index contributed by atoms with van der Waals surface area (Å²) in [6.07, 6.45) is 1.94. The zero-order chi connectivity index (χ0) is 14.8. The van der Waals surface area contributed by atoms with E-state index in [4.69, 9.17) is 10.9 Å². The van der Waals surface area contributed by atoms with Gasteiger partial charge in [0.05, 0.1) is 0 Å². The van der Waals surface area contributed by atoms with Crippen molar-refractivity contribution in [3.63, 3.8) is 0 Å². The maximum atomic E-state index is 13.2. The van der Waals surface area contributed by atoms with Gasteiger partial charge >= 0.3 is 0 Å². The Hall–Kier alpha value is -2.82. The monoisotopic (exact) mass is 283 g/mol. The van der Waals surface area contributed by atoms with Gasteiger partial charge in [0.15, 0.2) is 5.84 Å². The van der Waals surface area contributed by atoms with E-state index in [2.05, 4.69) is 5.16 Å². The van der Waals surface area contributed by atoms with Crippen molar-refractivity contribution in [3.8, 4) is 0 Å². The van der Waals surface area contributed by atoms with Gasteiger partial charge in [-0.2, -0.15) is 0 Å². The lowest BCUT2D eigenvalue weighted by Gasteiger charge is -2.06. The maximum Gasteiger partial charge on any atom is 0.170 e.